The topological polar surface area (TPSA) is 83.9 Å². The minimum Gasteiger partial charge on any atom is -0.444 e. The maximum Gasteiger partial charge on any atom is 0.410 e. The molecule has 1 rings (SSSR count). The molecular formula is C11H19NO5. The van der Waals surface area contributed by atoms with Crippen LogP contribution in [0.2, 0.25) is 0 Å². The van der Waals surface area contributed by atoms with Gasteiger partial charge in [-0.2, -0.15) is 9.59 Å². The predicted octanol–water partition coefficient (Wildman–Crippen LogP) is 0.793. The van der Waals surface area contributed by atoms with Gasteiger partial charge in [0.15, 0.2) is 0 Å². The van der Waals surface area contributed by atoms with Gasteiger partial charge >= 0.3 is 12.2 Å². The second kappa shape index (κ2) is 6.37. The zero-order valence-electron chi connectivity index (χ0n) is 10.6. The largest absolute Gasteiger partial charge is 0.444 e. The van der Waals surface area contributed by atoms with Crippen LogP contribution in [-0.2, 0) is 14.3 Å². The van der Waals surface area contributed by atoms with Crippen LogP contribution in [-0.4, -0.2) is 46.5 Å². The maximum atomic E-state index is 11.6. The third kappa shape index (κ3) is 6.04. The smallest absolute Gasteiger partial charge is 0.410 e. The van der Waals surface area contributed by atoms with Gasteiger partial charge in [-0.15, -0.1) is 0 Å². The van der Waals surface area contributed by atoms with E-state index >= 15 is 0 Å². The fraction of sp³-hybridized carbons (Fsp3) is 0.818. The second-order valence-electron chi connectivity index (χ2n) is 4.95. The van der Waals surface area contributed by atoms with Crippen LogP contribution >= 0.6 is 0 Å². The highest BCUT2D eigenvalue weighted by Crippen LogP contribution is 2.20. The van der Waals surface area contributed by atoms with E-state index in [-0.39, 0.29) is 18.3 Å². The van der Waals surface area contributed by atoms with Gasteiger partial charge in [-0.3, -0.25) is 0 Å². The monoisotopic (exact) mass is 245 g/mol. The molecule has 0 spiro atoms. The Morgan fingerprint density at radius 2 is 1.88 bits per heavy atom. The van der Waals surface area contributed by atoms with Gasteiger partial charge in [-0.1, -0.05) is 0 Å². The van der Waals surface area contributed by atoms with Gasteiger partial charge in [0, 0.05) is 6.04 Å². The van der Waals surface area contributed by atoms with Gasteiger partial charge in [0.25, 0.3) is 0 Å². The fourth-order valence-electron chi connectivity index (χ4n) is 1.58. The molecule has 1 amide bonds. The Bertz CT molecular complexity index is 291. The highest BCUT2D eigenvalue weighted by atomic mass is 16.6. The van der Waals surface area contributed by atoms with Crippen molar-refractivity contribution in [2.45, 2.75) is 51.9 Å². The average Bonchev–Trinajstić information content (AvgIpc) is 2.43. The van der Waals surface area contributed by atoms with E-state index in [9.17, 15) is 9.90 Å². The van der Waals surface area contributed by atoms with Gasteiger partial charge in [-0.05, 0) is 34.1 Å². The van der Waals surface area contributed by atoms with E-state index in [0.717, 1.165) is 0 Å². The molecule has 0 aliphatic carbocycles. The van der Waals surface area contributed by atoms with E-state index in [2.05, 4.69) is 0 Å². The molecule has 0 bridgehead atoms. The number of carbonyl (C=O) groups is 1. The lowest BCUT2D eigenvalue weighted by molar-refractivity contribution is -0.191. The van der Waals surface area contributed by atoms with Crippen molar-refractivity contribution in [1.29, 1.82) is 0 Å². The Labute approximate surface area is 101 Å². The molecular weight excluding hydrogens is 226 g/mol. The van der Waals surface area contributed by atoms with E-state index in [1.54, 1.807) is 4.90 Å². The second-order valence-corrected chi connectivity index (χ2v) is 4.95. The number of hydrogen-bond donors (Lipinski definition) is 1. The molecule has 1 fully saturated rings. The highest BCUT2D eigenvalue weighted by molar-refractivity contribution is 5.69. The first-order valence-corrected chi connectivity index (χ1v) is 5.38. The standard InChI is InChI=1S/C10H19NO3.CO2/c1-7-5-8(12)6-11(7)9(13)14-10(2,3)4;2-1-3/h7-8,12H,5-6H2,1-4H3;/t7-,8-;/m1./s1. The Morgan fingerprint density at radius 3 is 2.18 bits per heavy atom. The summed E-state index contributed by atoms with van der Waals surface area (Å²) >= 11 is 0. The van der Waals surface area contributed by atoms with Crippen LogP contribution in [0.15, 0.2) is 0 Å². The molecule has 1 aliphatic heterocycles. The molecule has 1 N–H and O–H groups in total. The van der Waals surface area contributed by atoms with Crippen molar-refractivity contribution in [3.05, 3.63) is 0 Å². The number of aliphatic hydroxyl groups is 1. The molecule has 1 heterocycles. The molecule has 1 saturated heterocycles. The van der Waals surface area contributed by atoms with Crippen molar-refractivity contribution >= 4 is 12.2 Å². The maximum absolute atomic E-state index is 11.6. The molecule has 6 nitrogen and oxygen atoms in total. The predicted molar refractivity (Wildman–Crippen MR) is 58.0 cm³/mol. The molecule has 0 saturated carbocycles. The first kappa shape index (κ1) is 15.6. The summed E-state index contributed by atoms with van der Waals surface area (Å²) in [5.74, 6) is 0. The van der Waals surface area contributed by atoms with E-state index in [4.69, 9.17) is 14.3 Å². The molecule has 0 aromatic carbocycles. The van der Waals surface area contributed by atoms with Crippen LogP contribution in [0.1, 0.15) is 34.1 Å². The van der Waals surface area contributed by atoms with Crippen LogP contribution in [0.25, 0.3) is 0 Å². The van der Waals surface area contributed by atoms with Crippen molar-refractivity contribution in [3.8, 4) is 0 Å². The lowest BCUT2D eigenvalue weighted by atomic mass is 10.2. The number of rotatable bonds is 0. The Kier molecular flexibility index (Phi) is 5.85. The molecule has 6 heteroatoms. The van der Waals surface area contributed by atoms with Crippen LogP contribution in [0.5, 0.6) is 0 Å². The van der Waals surface area contributed by atoms with Gasteiger partial charge in [-0.25, -0.2) is 4.79 Å². The highest BCUT2D eigenvalue weighted by Gasteiger charge is 2.33. The van der Waals surface area contributed by atoms with Gasteiger partial charge < -0.3 is 14.7 Å². The normalized spacial score (nSPS) is 23.5. The minimum absolute atomic E-state index is 0.0693. The SMILES string of the molecule is C[C@@H]1C[C@@H](O)CN1C(=O)OC(C)(C)C.O=C=O. The van der Waals surface area contributed by atoms with Gasteiger partial charge in [0.2, 0.25) is 0 Å². The number of nitrogens with zero attached hydrogens (tertiary/aromatic N) is 1. The summed E-state index contributed by atoms with van der Waals surface area (Å²) in [6.07, 6.45) is 0.151. The third-order valence-corrected chi connectivity index (χ3v) is 2.18. The molecule has 2 atom stereocenters. The average molecular weight is 245 g/mol. The summed E-state index contributed by atoms with van der Waals surface area (Å²) in [5, 5.41) is 9.37. The molecule has 98 valence electrons. The lowest BCUT2D eigenvalue weighted by Crippen LogP contribution is -2.39. The summed E-state index contributed by atoms with van der Waals surface area (Å²) in [5.41, 5.74) is -0.468. The molecule has 0 aromatic heterocycles. The summed E-state index contributed by atoms with van der Waals surface area (Å²) in [6, 6.07) is 0.0693. The number of β-amino-alcohol motifs (C(OH)–C–C–N with tert-alkyl or cyclic N) is 1. The van der Waals surface area contributed by atoms with Crippen molar-refractivity contribution < 1.29 is 24.2 Å². The molecule has 0 unspecified atom stereocenters. The number of amides is 1. The van der Waals surface area contributed by atoms with E-state index < -0.39 is 11.7 Å². The van der Waals surface area contributed by atoms with Crippen molar-refractivity contribution in [2.24, 2.45) is 0 Å². The third-order valence-electron chi connectivity index (χ3n) is 2.18. The Morgan fingerprint density at radius 1 is 1.41 bits per heavy atom. The van der Waals surface area contributed by atoms with E-state index in [1.807, 2.05) is 27.7 Å². The number of hydrogen-bond acceptors (Lipinski definition) is 5. The molecule has 1 aliphatic rings. The van der Waals surface area contributed by atoms with Crippen LogP contribution in [0, 0.1) is 0 Å². The van der Waals surface area contributed by atoms with E-state index in [1.165, 1.54) is 0 Å². The summed E-state index contributed by atoms with van der Waals surface area (Å²) < 4.78 is 5.22. The first-order chi connectivity index (χ1) is 7.71. The number of likely N-dealkylation sites (tertiary alicyclic amines) is 1. The van der Waals surface area contributed by atoms with Crippen molar-refractivity contribution in [3.63, 3.8) is 0 Å². The zero-order chi connectivity index (χ0) is 13.6. The lowest BCUT2D eigenvalue weighted by Gasteiger charge is -2.26. The van der Waals surface area contributed by atoms with Crippen LogP contribution in [0.4, 0.5) is 4.79 Å². The van der Waals surface area contributed by atoms with Gasteiger partial charge in [0.1, 0.15) is 5.60 Å². The Hall–Kier alpha value is -1.39. The minimum atomic E-state index is -0.468. The van der Waals surface area contributed by atoms with Crippen LogP contribution in [0.3, 0.4) is 0 Å². The first-order valence-electron chi connectivity index (χ1n) is 5.38. The molecule has 0 radical (unpaired) electrons. The quantitative estimate of drug-likeness (QED) is 0.682. The zero-order valence-corrected chi connectivity index (χ0v) is 10.6. The summed E-state index contributed by atoms with van der Waals surface area (Å²) in [7, 11) is 0. The van der Waals surface area contributed by atoms with Crippen molar-refractivity contribution in [2.75, 3.05) is 6.54 Å². The summed E-state index contributed by atoms with van der Waals surface area (Å²) in [6.45, 7) is 7.81. The number of ether oxygens (including phenoxy) is 1. The number of aliphatic hydroxyl groups excluding tert-OH is 1. The van der Waals surface area contributed by atoms with Crippen molar-refractivity contribution in [1.82, 2.24) is 4.90 Å². The van der Waals surface area contributed by atoms with Gasteiger partial charge in [0.05, 0.1) is 12.6 Å². The Balaban J connectivity index is 0.000000770. The molecule has 0 aromatic rings. The van der Waals surface area contributed by atoms with Crippen LogP contribution < -0.4 is 0 Å². The summed E-state index contributed by atoms with van der Waals surface area (Å²) in [4.78, 5) is 29.4. The van der Waals surface area contributed by atoms with E-state index in [0.29, 0.717) is 13.0 Å². The fourth-order valence-corrected chi connectivity index (χ4v) is 1.58. The number of carbonyl (C=O) groups excluding carboxylic acids is 3. The molecule has 17 heavy (non-hydrogen) atoms.